The predicted molar refractivity (Wildman–Crippen MR) is 58.9 cm³/mol. The minimum Gasteiger partial charge on any atom is -0.396 e. The number of hydrogen-bond donors (Lipinski definition) is 1. The minimum atomic E-state index is -0.628. The molecule has 96 valence electrons. The first-order valence-electron chi connectivity index (χ1n) is 5.55. The molecule has 2 aromatic rings. The topological polar surface area (TPSA) is 59.2 Å². The Morgan fingerprint density at radius 3 is 2.83 bits per heavy atom. The Morgan fingerprint density at radius 1 is 1.28 bits per heavy atom. The van der Waals surface area contributed by atoms with Crippen LogP contribution in [0.15, 0.2) is 22.7 Å². The third-order valence-electron chi connectivity index (χ3n) is 2.42. The summed E-state index contributed by atoms with van der Waals surface area (Å²) in [6.07, 6.45) is 1.16. The fourth-order valence-corrected chi connectivity index (χ4v) is 1.53. The van der Waals surface area contributed by atoms with Crippen molar-refractivity contribution in [3.8, 4) is 0 Å². The molecule has 1 aromatic heterocycles. The Morgan fingerprint density at radius 2 is 2.11 bits per heavy atom. The molecule has 2 rings (SSSR count). The first-order valence-corrected chi connectivity index (χ1v) is 5.55. The predicted octanol–water partition coefficient (Wildman–Crippen LogP) is 1.86. The summed E-state index contributed by atoms with van der Waals surface area (Å²) in [6.45, 7) is 0.0459. The molecule has 1 N–H and O–H groups in total. The van der Waals surface area contributed by atoms with Crippen molar-refractivity contribution in [3.63, 3.8) is 0 Å². The zero-order valence-corrected chi connectivity index (χ0v) is 9.57. The van der Waals surface area contributed by atoms with Crippen LogP contribution >= 0.6 is 0 Å². The van der Waals surface area contributed by atoms with Crippen LogP contribution in [-0.4, -0.2) is 21.9 Å². The Hall–Kier alpha value is -1.82. The highest BCUT2D eigenvalue weighted by Crippen LogP contribution is 2.13. The van der Waals surface area contributed by atoms with Crippen LogP contribution in [0.25, 0.3) is 0 Å². The van der Waals surface area contributed by atoms with Crippen LogP contribution < -0.4 is 0 Å². The van der Waals surface area contributed by atoms with E-state index in [-0.39, 0.29) is 13.0 Å². The van der Waals surface area contributed by atoms with E-state index >= 15 is 0 Å². The molecule has 4 nitrogen and oxygen atoms in total. The zero-order valence-electron chi connectivity index (χ0n) is 9.57. The van der Waals surface area contributed by atoms with Gasteiger partial charge in [0.15, 0.2) is 5.82 Å². The molecule has 0 radical (unpaired) electrons. The molecule has 1 aromatic carbocycles. The average Bonchev–Trinajstić information content (AvgIpc) is 2.78. The van der Waals surface area contributed by atoms with Crippen LogP contribution in [0.2, 0.25) is 0 Å². The molecular weight excluding hydrogens is 242 g/mol. The van der Waals surface area contributed by atoms with Gasteiger partial charge in [-0.05, 0) is 18.1 Å². The second-order valence-electron chi connectivity index (χ2n) is 3.84. The van der Waals surface area contributed by atoms with Crippen LogP contribution in [0.1, 0.15) is 23.7 Å². The molecule has 0 unspecified atom stereocenters. The quantitative estimate of drug-likeness (QED) is 0.884. The first kappa shape index (κ1) is 12.6. The number of aliphatic hydroxyl groups excluding tert-OH is 1. The van der Waals surface area contributed by atoms with E-state index < -0.39 is 11.6 Å². The van der Waals surface area contributed by atoms with Crippen molar-refractivity contribution in [2.24, 2.45) is 0 Å². The Labute approximate surface area is 102 Å². The number of halogens is 2. The van der Waals surface area contributed by atoms with Gasteiger partial charge in [-0.2, -0.15) is 4.98 Å². The third-order valence-corrected chi connectivity index (χ3v) is 2.42. The van der Waals surface area contributed by atoms with Gasteiger partial charge in [0.2, 0.25) is 5.89 Å². The van der Waals surface area contributed by atoms with E-state index in [2.05, 4.69) is 10.1 Å². The monoisotopic (exact) mass is 254 g/mol. The van der Waals surface area contributed by atoms with Gasteiger partial charge in [0.1, 0.15) is 11.6 Å². The first-order chi connectivity index (χ1) is 8.69. The Bertz CT molecular complexity index is 529. The van der Waals surface area contributed by atoms with Crippen molar-refractivity contribution < 1.29 is 18.4 Å². The minimum absolute atomic E-state index is 0.0459. The molecule has 0 atom stereocenters. The SMILES string of the molecule is OCCCc1nc(Cc2ccc(F)cc2F)no1. The van der Waals surface area contributed by atoms with Crippen LogP contribution in [0, 0.1) is 11.6 Å². The van der Waals surface area contributed by atoms with Crippen molar-refractivity contribution in [2.45, 2.75) is 19.3 Å². The summed E-state index contributed by atoms with van der Waals surface area (Å²) < 4.78 is 31.0. The van der Waals surface area contributed by atoms with E-state index in [1.54, 1.807) is 0 Å². The molecular formula is C12H12F2N2O2. The smallest absolute Gasteiger partial charge is 0.226 e. The average molecular weight is 254 g/mol. The maximum Gasteiger partial charge on any atom is 0.226 e. The molecule has 0 aliphatic rings. The van der Waals surface area contributed by atoms with Gasteiger partial charge in [0, 0.05) is 25.5 Å². The van der Waals surface area contributed by atoms with Crippen LogP contribution in [0.3, 0.4) is 0 Å². The lowest BCUT2D eigenvalue weighted by Gasteiger charge is -1.98. The standard InChI is InChI=1S/C12H12F2N2O2/c13-9-4-3-8(10(14)7-9)6-11-15-12(18-16-11)2-1-5-17/h3-4,7,17H,1-2,5-6H2. The molecule has 0 spiro atoms. The highest BCUT2D eigenvalue weighted by Gasteiger charge is 2.10. The van der Waals surface area contributed by atoms with Crippen molar-refractivity contribution in [1.82, 2.24) is 10.1 Å². The summed E-state index contributed by atoms with van der Waals surface area (Å²) in [6, 6.07) is 3.36. The van der Waals surface area contributed by atoms with E-state index in [1.165, 1.54) is 12.1 Å². The van der Waals surface area contributed by atoms with E-state index in [0.29, 0.717) is 30.1 Å². The molecule has 0 amide bonds. The van der Waals surface area contributed by atoms with Gasteiger partial charge < -0.3 is 9.63 Å². The van der Waals surface area contributed by atoms with Crippen molar-refractivity contribution >= 4 is 0 Å². The maximum absolute atomic E-state index is 13.4. The molecule has 18 heavy (non-hydrogen) atoms. The lowest BCUT2D eigenvalue weighted by atomic mass is 10.1. The van der Waals surface area contributed by atoms with E-state index in [1.807, 2.05) is 0 Å². The highest BCUT2D eigenvalue weighted by molar-refractivity contribution is 5.21. The van der Waals surface area contributed by atoms with Crippen molar-refractivity contribution in [2.75, 3.05) is 6.61 Å². The van der Waals surface area contributed by atoms with Gasteiger partial charge in [0.25, 0.3) is 0 Å². The summed E-state index contributed by atoms with van der Waals surface area (Å²) in [5.41, 5.74) is 0.311. The summed E-state index contributed by atoms with van der Waals surface area (Å²) >= 11 is 0. The van der Waals surface area contributed by atoms with Gasteiger partial charge in [-0.3, -0.25) is 0 Å². The van der Waals surface area contributed by atoms with Gasteiger partial charge in [-0.15, -0.1) is 0 Å². The van der Waals surface area contributed by atoms with Gasteiger partial charge in [0.05, 0.1) is 0 Å². The number of aryl methyl sites for hydroxylation is 1. The summed E-state index contributed by atoms with van der Waals surface area (Å²) in [5, 5.41) is 12.4. The molecule has 1 heterocycles. The number of hydrogen-bond acceptors (Lipinski definition) is 4. The fraction of sp³-hybridized carbons (Fsp3) is 0.333. The van der Waals surface area contributed by atoms with Crippen molar-refractivity contribution in [3.05, 3.63) is 47.1 Å². The molecule has 0 bridgehead atoms. The van der Waals surface area contributed by atoms with Crippen molar-refractivity contribution in [1.29, 1.82) is 0 Å². The lowest BCUT2D eigenvalue weighted by molar-refractivity contribution is 0.278. The summed E-state index contributed by atoms with van der Waals surface area (Å²) in [7, 11) is 0. The summed E-state index contributed by atoms with van der Waals surface area (Å²) in [4.78, 5) is 4.06. The number of rotatable bonds is 5. The Balaban J connectivity index is 2.06. The number of nitrogens with zero attached hydrogens (tertiary/aromatic N) is 2. The molecule has 0 aliphatic heterocycles. The largest absolute Gasteiger partial charge is 0.396 e. The molecule has 0 fully saturated rings. The maximum atomic E-state index is 13.4. The normalized spacial score (nSPS) is 10.8. The molecule has 0 saturated carbocycles. The summed E-state index contributed by atoms with van der Waals surface area (Å²) in [5.74, 6) is -0.500. The molecule has 6 heteroatoms. The van der Waals surface area contributed by atoms with E-state index in [4.69, 9.17) is 9.63 Å². The van der Waals surface area contributed by atoms with Crippen LogP contribution in [0.5, 0.6) is 0 Å². The second-order valence-corrected chi connectivity index (χ2v) is 3.84. The zero-order chi connectivity index (χ0) is 13.0. The van der Waals surface area contributed by atoms with Crippen LogP contribution in [0.4, 0.5) is 8.78 Å². The number of aromatic nitrogens is 2. The second kappa shape index (κ2) is 5.68. The third kappa shape index (κ3) is 3.10. The lowest BCUT2D eigenvalue weighted by Crippen LogP contribution is -1.96. The Kier molecular flexibility index (Phi) is 3.99. The van der Waals surface area contributed by atoms with Gasteiger partial charge in [-0.25, -0.2) is 8.78 Å². The van der Waals surface area contributed by atoms with Gasteiger partial charge in [-0.1, -0.05) is 11.2 Å². The van der Waals surface area contributed by atoms with Gasteiger partial charge >= 0.3 is 0 Å². The molecule has 0 saturated heterocycles. The van der Waals surface area contributed by atoms with Crippen LogP contribution in [-0.2, 0) is 12.8 Å². The number of benzene rings is 1. The molecule has 0 aliphatic carbocycles. The van der Waals surface area contributed by atoms with E-state index in [0.717, 1.165) is 6.07 Å². The van der Waals surface area contributed by atoms with E-state index in [9.17, 15) is 8.78 Å². The fourth-order valence-electron chi connectivity index (χ4n) is 1.53. The number of aliphatic hydroxyl groups is 1. The highest BCUT2D eigenvalue weighted by atomic mass is 19.1.